The highest BCUT2D eigenvalue weighted by molar-refractivity contribution is 5.85. The minimum Gasteiger partial charge on any atom is -0.485 e. The van der Waals surface area contributed by atoms with E-state index in [9.17, 15) is 22.8 Å². The Kier molecular flexibility index (Phi) is 4.69. The maximum absolute atomic E-state index is 12.4. The first-order valence-electron chi connectivity index (χ1n) is 7.41. The fraction of sp³-hybridized carbons (Fsp3) is 0.267. The van der Waals surface area contributed by atoms with E-state index >= 15 is 0 Å². The molecule has 1 atom stereocenters. The number of hydrazine groups is 1. The summed E-state index contributed by atoms with van der Waals surface area (Å²) in [4.78, 5) is 23.7. The second kappa shape index (κ2) is 6.94. The monoisotopic (exact) mass is 370 g/mol. The smallest absolute Gasteiger partial charge is 0.435 e. The zero-order chi connectivity index (χ0) is 18.7. The quantitative estimate of drug-likeness (QED) is 0.783. The lowest BCUT2D eigenvalue weighted by Gasteiger charge is -2.25. The largest absolute Gasteiger partial charge is 0.485 e. The van der Waals surface area contributed by atoms with Crippen molar-refractivity contribution < 1.29 is 32.2 Å². The standard InChI is InChI=1S/C15H13F3N4O4/c16-15(17,18)12-5-6-22(21-12)7-13(23)19-20-14(24)11-8-25-9-3-1-2-4-10(9)26-11/h1-6,11H,7-8H2,(H,19,23)(H,20,24)/t11-/m1/s1. The van der Waals surface area contributed by atoms with Gasteiger partial charge in [0.05, 0.1) is 0 Å². The van der Waals surface area contributed by atoms with Gasteiger partial charge in [-0.05, 0) is 18.2 Å². The molecule has 1 aliphatic heterocycles. The summed E-state index contributed by atoms with van der Waals surface area (Å²) in [6.45, 7) is -0.548. The van der Waals surface area contributed by atoms with Gasteiger partial charge in [0.2, 0.25) is 6.10 Å². The Labute approximate surface area is 144 Å². The summed E-state index contributed by atoms with van der Waals surface area (Å²) in [5.74, 6) is -0.530. The van der Waals surface area contributed by atoms with Gasteiger partial charge in [0.1, 0.15) is 13.2 Å². The summed E-state index contributed by atoms with van der Waals surface area (Å²) in [6, 6.07) is 7.52. The molecule has 0 radical (unpaired) electrons. The lowest BCUT2D eigenvalue weighted by Crippen LogP contribution is -2.51. The van der Waals surface area contributed by atoms with Gasteiger partial charge in [-0.15, -0.1) is 0 Å². The second-order valence-electron chi connectivity index (χ2n) is 5.30. The predicted molar refractivity (Wildman–Crippen MR) is 79.9 cm³/mol. The van der Waals surface area contributed by atoms with Crippen LogP contribution in [-0.2, 0) is 22.3 Å². The average molecular weight is 370 g/mol. The molecule has 26 heavy (non-hydrogen) atoms. The molecule has 2 aromatic rings. The van der Waals surface area contributed by atoms with Gasteiger partial charge in [0.25, 0.3) is 11.8 Å². The molecule has 0 fully saturated rings. The predicted octanol–water partition coefficient (Wildman–Crippen LogP) is 0.889. The van der Waals surface area contributed by atoms with Crippen LogP contribution in [0.2, 0.25) is 0 Å². The van der Waals surface area contributed by atoms with E-state index in [0.717, 1.165) is 16.9 Å². The molecule has 11 heteroatoms. The molecule has 0 bridgehead atoms. The number of carbonyl (C=O) groups excluding carboxylic acids is 2. The molecule has 3 rings (SSSR count). The number of halogens is 3. The second-order valence-corrected chi connectivity index (χ2v) is 5.30. The number of para-hydroxylation sites is 2. The van der Waals surface area contributed by atoms with E-state index in [1.165, 1.54) is 0 Å². The number of rotatable bonds is 3. The van der Waals surface area contributed by atoms with Gasteiger partial charge in [-0.25, -0.2) is 0 Å². The van der Waals surface area contributed by atoms with E-state index in [4.69, 9.17) is 9.47 Å². The van der Waals surface area contributed by atoms with Gasteiger partial charge < -0.3 is 9.47 Å². The van der Waals surface area contributed by atoms with E-state index in [0.29, 0.717) is 11.5 Å². The van der Waals surface area contributed by atoms with E-state index in [2.05, 4.69) is 16.0 Å². The van der Waals surface area contributed by atoms with Crippen LogP contribution < -0.4 is 20.3 Å². The summed E-state index contributed by atoms with van der Waals surface area (Å²) >= 11 is 0. The van der Waals surface area contributed by atoms with Crippen LogP contribution in [0.3, 0.4) is 0 Å². The van der Waals surface area contributed by atoms with E-state index in [1.54, 1.807) is 24.3 Å². The van der Waals surface area contributed by atoms with E-state index < -0.39 is 36.3 Å². The third-order valence-corrected chi connectivity index (χ3v) is 3.36. The van der Waals surface area contributed by atoms with Crippen molar-refractivity contribution in [1.29, 1.82) is 0 Å². The minimum atomic E-state index is -4.59. The van der Waals surface area contributed by atoms with Crippen molar-refractivity contribution in [3.63, 3.8) is 0 Å². The third-order valence-electron chi connectivity index (χ3n) is 3.36. The third kappa shape index (κ3) is 4.05. The molecular weight excluding hydrogens is 357 g/mol. The van der Waals surface area contributed by atoms with Gasteiger partial charge in [0.15, 0.2) is 17.2 Å². The van der Waals surface area contributed by atoms with Crippen LogP contribution in [0.5, 0.6) is 11.5 Å². The van der Waals surface area contributed by atoms with Crippen molar-refractivity contribution >= 4 is 11.8 Å². The van der Waals surface area contributed by atoms with Crippen molar-refractivity contribution in [2.24, 2.45) is 0 Å². The van der Waals surface area contributed by atoms with Crippen LogP contribution in [0.15, 0.2) is 36.5 Å². The van der Waals surface area contributed by atoms with E-state index in [-0.39, 0.29) is 6.61 Å². The molecule has 0 unspecified atom stereocenters. The maximum atomic E-state index is 12.4. The first-order valence-corrected chi connectivity index (χ1v) is 7.41. The van der Waals surface area contributed by atoms with Crippen LogP contribution in [0.25, 0.3) is 0 Å². The highest BCUT2D eigenvalue weighted by Crippen LogP contribution is 2.30. The number of aromatic nitrogens is 2. The number of nitrogens with one attached hydrogen (secondary N) is 2. The van der Waals surface area contributed by atoms with Gasteiger partial charge in [0, 0.05) is 6.20 Å². The molecule has 1 aromatic heterocycles. The number of nitrogens with zero attached hydrogens (tertiary/aromatic N) is 2. The normalized spacial score (nSPS) is 16.0. The van der Waals surface area contributed by atoms with Gasteiger partial charge >= 0.3 is 6.18 Å². The Morgan fingerprint density at radius 3 is 2.62 bits per heavy atom. The highest BCUT2D eigenvalue weighted by Gasteiger charge is 2.33. The number of benzene rings is 1. The molecule has 2 amide bonds. The zero-order valence-corrected chi connectivity index (χ0v) is 13.1. The molecule has 0 saturated heterocycles. The van der Waals surface area contributed by atoms with E-state index in [1.807, 2.05) is 0 Å². The molecule has 1 aromatic carbocycles. The number of alkyl halides is 3. The highest BCUT2D eigenvalue weighted by atomic mass is 19.4. The summed E-state index contributed by atoms with van der Waals surface area (Å²) < 4.78 is 49.0. The average Bonchev–Trinajstić information content (AvgIpc) is 3.08. The fourth-order valence-corrected chi connectivity index (χ4v) is 2.15. The zero-order valence-electron chi connectivity index (χ0n) is 13.1. The van der Waals surface area contributed by atoms with Gasteiger partial charge in [-0.3, -0.25) is 25.1 Å². The number of ether oxygens (including phenoxy) is 2. The summed E-state index contributed by atoms with van der Waals surface area (Å²) in [7, 11) is 0. The molecule has 2 heterocycles. The molecule has 2 N–H and O–H groups in total. The number of amides is 2. The number of hydrogen-bond acceptors (Lipinski definition) is 5. The number of fused-ring (bicyclic) bond motifs is 1. The van der Waals surface area contributed by atoms with Gasteiger partial charge in [-0.2, -0.15) is 18.3 Å². The lowest BCUT2D eigenvalue weighted by molar-refractivity contribution is -0.141. The molecule has 0 spiro atoms. The Balaban J connectivity index is 1.49. The molecular formula is C15H13F3N4O4. The Bertz CT molecular complexity index is 821. The first-order chi connectivity index (χ1) is 12.3. The Morgan fingerprint density at radius 2 is 1.92 bits per heavy atom. The summed E-state index contributed by atoms with van der Waals surface area (Å²) in [5.41, 5.74) is 3.11. The van der Waals surface area contributed by atoms with Crippen molar-refractivity contribution in [2.45, 2.75) is 18.8 Å². The Hall–Kier alpha value is -3.24. The van der Waals surface area contributed by atoms with Crippen LogP contribution in [0, 0.1) is 0 Å². The number of hydrogen-bond donors (Lipinski definition) is 2. The summed E-state index contributed by atoms with van der Waals surface area (Å²) in [6.07, 6.45) is -4.56. The minimum absolute atomic E-state index is 0.0488. The van der Waals surface area contributed by atoms with Crippen molar-refractivity contribution in [2.75, 3.05) is 6.61 Å². The molecule has 138 valence electrons. The topological polar surface area (TPSA) is 94.5 Å². The van der Waals surface area contributed by atoms with Gasteiger partial charge in [-0.1, -0.05) is 12.1 Å². The number of carbonyl (C=O) groups is 2. The van der Waals surface area contributed by atoms with Crippen LogP contribution in [0.4, 0.5) is 13.2 Å². The fourth-order valence-electron chi connectivity index (χ4n) is 2.15. The van der Waals surface area contributed by atoms with Crippen LogP contribution in [-0.4, -0.2) is 34.3 Å². The SMILES string of the molecule is O=C(Cn1ccc(C(F)(F)F)n1)NNC(=O)[C@H]1COc2ccccc2O1. The Morgan fingerprint density at radius 1 is 1.19 bits per heavy atom. The molecule has 8 nitrogen and oxygen atoms in total. The van der Waals surface area contributed by atoms with Crippen molar-refractivity contribution in [3.8, 4) is 11.5 Å². The molecule has 0 aliphatic carbocycles. The van der Waals surface area contributed by atoms with Crippen LogP contribution in [0.1, 0.15) is 5.69 Å². The molecule has 1 aliphatic rings. The lowest BCUT2D eigenvalue weighted by atomic mass is 10.2. The van der Waals surface area contributed by atoms with Crippen molar-refractivity contribution in [1.82, 2.24) is 20.6 Å². The van der Waals surface area contributed by atoms with Crippen LogP contribution >= 0.6 is 0 Å². The molecule has 0 saturated carbocycles. The maximum Gasteiger partial charge on any atom is 0.435 e. The summed E-state index contributed by atoms with van der Waals surface area (Å²) in [5, 5.41) is 3.24. The first kappa shape index (κ1) is 17.6. The van der Waals surface area contributed by atoms with Crippen molar-refractivity contribution in [3.05, 3.63) is 42.2 Å².